The number of hydrazone groups is 1. The van der Waals surface area contributed by atoms with Gasteiger partial charge in [0.15, 0.2) is 6.04 Å². The summed E-state index contributed by atoms with van der Waals surface area (Å²) >= 11 is 0. The molecule has 0 saturated carbocycles. The fourth-order valence-corrected chi connectivity index (χ4v) is 2.80. The van der Waals surface area contributed by atoms with Crippen LogP contribution in [0.5, 0.6) is 0 Å². The lowest BCUT2D eigenvalue weighted by atomic mass is 9.95. The van der Waals surface area contributed by atoms with Crippen LogP contribution in [0.4, 0.5) is 0 Å². The van der Waals surface area contributed by atoms with Gasteiger partial charge in [-0.05, 0) is 10.8 Å². The molecule has 4 rings (SSSR count). The highest BCUT2D eigenvalue weighted by atomic mass is 15.4. The van der Waals surface area contributed by atoms with E-state index in [4.69, 9.17) is 0 Å². The summed E-state index contributed by atoms with van der Waals surface area (Å²) in [7, 11) is 0. The predicted molar refractivity (Wildman–Crippen MR) is 86.0 cm³/mol. The number of rotatable bonds is 3. The molecule has 0 radical (unpaired) electrons. The van der Waals surface area contributed by atoms with E-state index < -0.39 is 0 Å². The minimum atomic E-state index is -0.177. The zero-order valence-corrected chi connectivity index (χ0v) is 11.9. The van der Waals surface area contributed by atoms with E-state index in [1.54, 1.807) is 0 Å². The molecule has 2 aromatic carbocycles. The summed E-state index contributed by atoms with van der Waals surface area (Å²) in [5, 5.41) is 16.8. The van der Waals surface area contributed by atoms with Crippen molar-refractivity contribution in [3.8, 4) is 0 Å². The Morgan fingerprint density at radius 1 is 0.909 bits per heavy atom. The van der Waals surface area contributed by atoms with Gasteiger partial charge in [-0.3, -0.25) is 0 Å². The van der Waals surface area contributed by atoms with Crippen LogP contribution < -0.4 is 5.43 Å². The largest absolute Gasteiger partial charge is 0.302 e. The second kappa shape index (κ2) is 5.52. The SMILES string of the molecule is c1ccc(C2=NN=NC2C2=NNC(c3ccccc3)C2)cc1. The molecule has 2 aliphatic heterocycles. The Hall–Kier alpha value is -2.82. The van der Waals surface area contributed by atoms with Crippen LogP contribution in [-0.4, -0.2) is 17.5 Å². The molecule has 0 saturated heterocycles. The van der Waals surface area contributed by atoms with Crippen LogP contribution in [0.3, 0.4) is 0 Å². The molecule has 2 atom stereocenters. The molecule has 22 heavy (non-hydrogen) atoms. The normalized spacial score (nSPS) is 23.1. The quantitative estimate of drug-likeness (QED) is 0.925. The van der Waals surface area contributed by atoms with Gasteiger partial charge in [-0.25, -0.2) is 0 Å². The predicted octanol–water partition coefficient (Wildman–Crippen LogP) is 3.32. The van der Waals surface area contributed by atoms with Crippen molar-refractivity contribution in [1.82, 2.24) is 5.43 Å². The maximum Gasteiger partial charge on any atom is 0.157 e. The maximum atomic E-state index is 4.48. The third-order valence-corrected chi connectivity index (χ3v) is 3.94. The minimum absolute atomic E-state index is 0.177. The summed E-state index contributed by atoms with van der Waals surface area (Å²) < 4.78 is 0. The Balaban J connectivity index is 1.54. The topological polar surface area (TPSA) is 61.5 Å². The summed E-state index contributed by atoms with van der Waals surface area (Å²) in [6, 6.07) is 20.4. The van der Waals surface area contributed by atoms with E-state index in [1.165, 1.54) is 5.56 Å². The van der Waals surface area contributed by atoms with Crippen LogP contribution in [0.25, 0.3) is 0 Å². The standard InChI is InChI=1S/C17H15N5/c1-3-7-12(8-4-1)14-11-15(19-18-14)17-16(20-22-21-17)13-9-5-2-6-10-13/h1-10,14,17-18H,11H2. The summed E-state index contributed by atoms with van der Waals surface area (Å²) in [4.78, 5) is 0. The summed E-state index contributed by atoms with van der Waals surface area (Å²) in [6.07, 6.45) is 0.819. The first-order valence-electron chi connectivity index (χ1n) is 7.32. The first kappa shape index (κ1) is 12.9. The molecule has 5 nitrogen and oxygen atoms in total. The molecule has 1 N–H and O–H groups in total. The average molecular weight is 289 g/mol. The van der Waals surface area contributed by atoms with E-state index in [0.717, 1.165) is 23.4 Å². The highest BCUT2D eigenvalue weighted by Gasteiger charge is 2.32. The second-order valence-electron chi connectivity index (χ2n) is 5.36. The molecular formula is C17H15N5. The molecule has 2 heterocycles. The molecule has 108 valence electrons. The fraction of sp³-hybridized carbons (Fsp3) is 0.176. The van der Waals surface area contributed by atoms with Crippen molar-refractivity contribution in [1.29, 1.82) is 0 Å². The molecule has 0 spiro atoms. The van der Waals surface area contributed by atoms with Gasteiger partial charge in [-0.1, -0.05) is 60.7 Å². The summed E-state index contributed by atoms with van der Waals surface area (Å²) in [6.45, 7) is 0. The van der Waals surface area contributed by atoms with Crippen molar-refractivity contribution in [2.75, 3.05) is 0 Å². The highest BCUT2D eigenvalue weighted by molar-refractivity contribution is 6.19. The van der Waals surface area contributed by atoms with Crippen LogP contribution >= 0.6 is 0 Å². The van der Waals surface area contributed by atoms with Gasteiger partial charge in [-0.2, -0.15) is 10.2 Å². The Morgan fingerprint density at radius 3 is 2.41 bits per heavy atom. The van der Waals surface area contributed by atoms with Crippen LogP contribution in [0, 0.1) is 0 Å². The Kier molecular flexibility index (Phi) is 3.23. The lowest BCUT2D eigenvalue weighted by Gasteiger charge is -2.11. The molecule has 0 aliphatic carbocycles. The van der Waals surface area contributed by atoms with E-state index in [1.807, 2.05) is 48.5 Å². The molecular weight excluding hydrogens is 274 g/mol. The van der Waals surface area contributed by atoms with Crippen LogP contribution in [0.2, 0.25) is 0 Å². The molecule has 2 unspecified atom stereocenters. The van der Waals surface area contributed by atoms with E-state index >= 15 is 0 Å². The number of nitrogens with zero attached hydrogens (tertiary/aromatic N) is 4. The van der Waals surface area contributed by atoms with Crippen molar-refractivity contribution < 1.29 is 0 Å². The van der Waals surface area contributed by atoms with Crippen molar-refractivity contribution in [2.24, 2.45) is 20.5 Å². The number of hydrogen-bond acceptors (Lipinski definition) is 5. The van der Waals surface area contributed by atoms with Crippen molar-refractivity contribution in [3.63, 3.8) is 0 Å². The van der Waals surface area contributed by atoms with Gasteiger partial charge < -0.3 is 5.43 Å². The third-order valence-electron chi connectivity index (χ3n) is 3.94. The molecule has 5 heteroatoms. The minimum Gasteiger partial charge on any atom is -0.302 e. The lowest BCUT2D eigenvalue weighted by molar-refractivity contribution is 0.619. The van der Waals surface area contributed by atoms with Gasteiger partial charge >= 0.3 is 0 Å². The zero-order chi connectivity index (χ0) is 14.8. The summed E-state index contributed by atoms with van der Waals surface area (Å²) in [5.74, 6) is 0. The lowest BCUT2D eigenvalue weighted by Crippen LogP contribution is -2.26. The van der Waals surface area contributed by atoms with Gasteiger partial charge in [0, 0.05) is 12.0 Å². The van der Waals surface area contributed by atoms with E-state index in [-0.39, 0.29) is 12.1 Å². The van der Waals surface area contributed by atoms with E-state index in [9.17, 15) is 0 Å². The fourth-order valence-electron chi connectivity index (χ4n) is 2.80. The number of hydrogen-bond donors (Lipinski definition) is 1. The molecule has 2 aromatic rings. The van der Waals surface area contributed by atoms with Crippen LogP contribution in [0.15, 0.2) is 81.2 Å². The Labute approximate surface area is 128 Å². The molecule has 0 bridgehead atoms. The smallest absolute Gasteiger partial charge is 0.157 e. The van der Waals surface area contributed by atoms with Gasteiger partial charge in [0.25, 0.3) is 0 Å². The van der Waals surface area contributed by atoms with Gasteiger partial charge in [0.2, 0.25) is 0 Å². The third kappa shape index (κ3) is 2.30. The average Bonchev–Trinajstić information content (AvgIpc) is 3.25. The van der Waals surface area contributed by atoms with E-state index in [2.05, 4.69) is 38.1 Å². The van der Waals surface area contributed by atoms with Crippen LogP contribution in [0.1, 0.15) is 23.6 Å². The van der Waals surface area contributed by atoms with Crippen LogP contribution in [-0.2, 0) is 0 Å². The molecule has 0 aromatic heterocycles. The Bertz CT molecular complexity index is 749. The highest BCUT2D eigenvalue weighted by Crippen LogP contribution is 2.26. The van der Waals surface area contributed by atoms with Crippen molar-refractivity contribution in [2.45, 2.75) is 18.5 Å². The first-order chi connectivity index (χ1) is 10.9. The van der Waals surface area contributed by atoms with Crippen molar-refractivity contribution in [3.05, 3.63) is 71.8 Å². The van der Waals surface area contributed by atoms with Gasteiger partial charge in [0.1, 0.15) is 5.71 Å². The first-order valence-corrected chi connectivity index (χ1v) is 7.32. The van der Waals surface area contributed by atoms with E-state index in [0.29, 0.717) is 0 Å². The maximum absolute atomic E-state index is 4.48. The second-order valence-corrected chi connectivity index (χ2v) is 5.36. The zero-order valence-electron chi connectivity index (χ0n) is 11.9. The summed E-state index contributed by atoms with van der Waals surface area (Å²) in [5.41, 5.74) is 7.33. The molecule has 0 amide bonds. The monoisotopic (exact) mass is 289 g/mol. The van der Waals surface area contributed by atoms with Gasteiger partial charge in [-0.15, -0.1) is 5.10 Å². The number of benzene rings is 2. The number of nitrogens with one attached hydrogen (secondary N) is 1. The molecule has 2 aliphatic rings. The van der Waals surface area contributed by atoms with Crippen molar-refractivity contribution >= 4 is 11.4 Å². The van der Waals surface area contributed by atoms with Gasteiger partial charge in [0.05, 0.1) is 11.8 Å². The molecule has 0 fully saturated rings. The Morgan fingerprint density at radius 2 is 1.64 bits per heavy atom.